The van der Waals surface area contributed by atoms with Gasteiger partial charge in [-0.1, -0.05) is 36.4 Å². The number of methoxy groups -OCH3 is 1. The van der Waals surface area contributed by atoms with Gasteiger partial charge in [0.15, 0.2) is 5.78 Å². The minimum atomic E-state index is -0.100. The Bertz CT molecular complexity index is 1110. The standard InChI is InChI=1S/C24H24N2O3/c1-15-24-18(11-12-26(15)16(2)27)19-13-20(23(29-3)14-21(19)25-24)22(28)10-9-17-7-5-4-6-8-17/h4-10,13-15,25H,11-12H2,1-3H3/b10-9+. The minimum absolute atomic E-state index is 0.0215. The zero-order valence-electron chi connectivity index (χ0n) is 16.9. The average molecular weight is 388 g/mol. The summed E-state index contributed by atoms with van der Waals surface area (Å²) < 4.78 is 5.51. The molecule has 4 rings (SSSR count). The van der Waals surface area contributed by atoms with Crippen molar-refractivity contribution in [3.63, 3.8) is 0 Å². The number of aromatic nitrogens is 1. The van der Waals surface area contributed by atoms with Gasteiger partial charge in [-0.15, -0.1) is 0 Å². The number of hydrogen-bond acceptors (Lipinski definition) is 3. The molecule has 0 spiro atoms. The van der Waals surface area contributed by atoms with Gasteiger partial charge in [-0.2, -0.15) is 0 Å². The Morgan fingerprint density at radius 1 is 1.21 bits per heavy atom. The van der Waals surface area contributed by atoms with Crippen molar-refractivity contribution in [2.75, 3.05) is 13.7 Å². The predicted octanol–water partition coefficient (Wildman–Crippen LogP) is 4.54. The van der Waals surface area contributed by atoms with Crippen LogP contribution in [0.5, 0.6) is 5.75 Å². The van der Waals surface area contributed by atoms with Gasteiger partial charge in [0.05, 0.1) is 18.7 Å². The number of H-pyrrole nitrogens is 1. The first kappa shape index (κ1) is 19.0. The lowest BCUT2D eigenvalue weighted by molar-refractivity contribution is -0.131. The fourth-order valence-corrected chi connectivity index (χ4v) is 4.12. The molecule has 1 aromatic heterocycles. The van der Waals surface area contributed by atoms with Crippen molar-refractivity contribution < 1.29 is 14.3 Å². The SMILES string of the molecule is COc1cc2[nH]c3c(c2cc1C(=O)/C=C/c1ccccc1)CCN(C(C)=O)C3C. The van der Waals surface area contributed by atoms with Gasteiger partial charge >= 0.3 is 0 Å². The average Bonchev–Trinajstić information content (AvgIpc) is 3.10. The van der Waals surface area contributed by atoms with Crippen molar-refractivity contribution >= 4 is 28.7 Å². The molecule has 0 saturated carbocycles. The lowest BCUT2D eigenvalue weighted by atomic mass is 9.96. The normalized spacial score (nSPS) is 16.2. The molecule has 1 atom stereocenters. The maximum absolute atomic E-state index is 12.9. The van der Waals surface area contributed by atoms with Crippen LogP contribution in [0, 0.1) is 0 Å². The van der Waals surface area contributed by atoms with Crippen LogP contribution in [0.2, 0.25) is 0 Å². The molecule has 0 saturated heterocycles. The Morgan fingerprint density at radius 3 is 2.66 bits per heavy atom. The van der Waals surface area contributed by atoms with Crippen molar-refractivity contribution in [3.05, 3.63) is 70.9 Å². The van der Waals surface area contributed by atoms with E-state index >= 15 is 0 Å². The van der Waals surface area contributed by atoms with Gasteiger partial charge in [0.25, 0.3) is 0 Å². The van der Waals surface area contributed by atoms with E-state index in [1.165, 1.54) is 5.56 Å². The molecule has 1 aliphatic rings. The molecule has 1 amide bonds. The quantitative estimate of drug-likeness (QED) is 0.527. The molecular weight excluding hydrogens is 364 g/mol. The summed E-state index contributed by atoms with van der Waals surface area (Å²) >= 11 is 0. The van der Waals surface area contributed by atoms with Crippen LogP contribution in [0.4, 0.5) is 0 Å². The molecule has 148 valence electrons. The first-order chi connectivity index (χ1) is 14.0. The smallest absolute Gasteiger partial charge is 0.220 e. The third-order valence-electron chi connectivity index (χ3n) is 5.64. The minimum Gasteiger partial charge on any atom is -0.496 e. The fraction of sp³-hybridized carbons (Fsp3) is 0.250. The highest BCUT2D eigenvalue weighted by atomic mass is 16.5. The zero-order chi connectivity index (χ0) is 20.5. The number of carbonyl (C=O) groups excluding carboxylic acids is 2. The first-order valence-corrected chi connectivity index (χ1v) is 9.76. The van der Waals surface area contributed by atoms with Crippen LogP contribution in [0.25, 0.3) is 17.0 Å². The molecule has 0 bridgehead atoms. The number of hydrogen-bond donors (Lipinski definition) is 1. The van der Waals surface area contributed by atoms with Gasteiger partial charge < -0.3 is 14.6 Å². The number of aromatic amines is 1. The number of amides is 1. The second-order valence-electron chi connectivity index (χ2n) is 7.36. The molecule has 5 nitrogen and oxygen atoms in total. The van der Waals surface area contributed by atoms with Crippen LogP contribution in [-0.4, -0.2) is 35.2 Å². The lowest BCUT2D eigenvalue weighted by Crippen LogP contribution is -2.37. The fourth-order valence-electron chi connectivity index (χ4n) is 4.12. The molecule has 3 aromatic rings. The van der Waals surface area contributed by atoms with E-state index in [2.05, 4.69) is 4.98 Å². The highest BCUT2D eigenvalue weighted by Gasteiger charge is 2.29. The zero-order valence-corrected chi connectivity index (χ0v) is 16.9. The number of allylic oxidation sites excluding steroid dienone is 1. The molecule has 0 fully saturated rings. The number of ketones is 1. The van der Waals surface area contributed by atoms with E-state index < -0.39 is 0 Å². The molecule has 2 aromatic carbocycles. The first-order valence-electron chi connectivity index (χ1n) is 9.76. The van der Waals surface area contributed by atoms with Crippen LogP contribution in [0.3, 0.4) is 0 Å². The lowest BCUT2D eigenvalue weighted by Gasteiger charge is -2.32. The van der Waals surface area contributed by atoms with Crippen LogP contribution in [0.15, 0.2) is 48.5 Å². The van der Waals surface area contributed by atoms with E-state index in [0.29, 0.717) is 17.9 Å². The van der Waals surface area contributed by atoms with Gasteiger partial charge in [-0.25, -0.2) is 0 Å². The summed E-state index contributed by atoms with van der Waals surface area (Å²) in [5.74, 6) is 0.507. The Hall–Kier alpha value is -3.34. The van der Waals surface area contributed by atoms with E-state index in [1.54, 1.807) is 20.1 Å². The Morgan fingerprint density at radius 2 is 1.97 bits per heavy atom. The Kier molecular flexibility index (Phi) is 4.97. The van der Waals surface area contributed by atoms with Crippen LogP contribution >= 0.6 is 0 Å². The number of fused-ring (bicyclic) bond motifs is 3. The number of nitrogens with zero attached hydrogens (tertiary/aromatic N) is 1. The van der Waals surface area contributed by atoms with Crippen molar-refractivity contribution in [2.45, 2.75) is 26.3 Å². The second kappa shape index (κ2) is 7.59. The topological polar surface area (TPSA) is 62.4 Å². The highest BCUT2D eigenvalue weighted by molar-refractivity contribution is 6.11. The van der Waals surface area contributed by atoms with Crippen molar-refractivity contribution in [1.29, 1.82) is 0 Å². The number of nitrogens with one attached hydrogen (secondary N) is 1. The second-order valence-corrected chi connectivity index (χ2v) is 7.36. The summed E-state index contributed by atoms with van der Waals surface area (Å²) in [5, 5.41) is 1.02. The molecule has 1 N–H and O–H groups in total. The molecule has 2 heterocycles. The number of ether oxygens (including phenoxy) is 1. The number of carbonyl (C=O) groups is 2. The highest BCUT2D eigenvalue weighted by Crippen LogP contribution is 2.37. The van der Waals surface area contributed by atoms with Crippen molar-refractivity contribution in [1.82, 2.24) is 9.88 Å². The van der Waals surface area contributed by atoms with Gasteiger partial charge in [0, 0.05) is 36.1 Å². The molecule has 5 heteroatoms. The Labute approximate surface area is 170 Å². The molecule has 1 aliphatic heterocycles. The summed E-state index contributed by atoms with van der Waals surface area (Å²) in [4.78, 5) is 30.1. The summed E-state index contributed by atoms with van der Waals surface area (Å²) in [6.45, 7) is 4.31. The molecular formula is C24H24N2O3. The van der Waals surface area contributed by atoms with Gasteiger partial charge in [-0.3, -0.25) is 9.59 Å². The third kappa shape index (κ3) is 3.44. The summed E-state index contributed by atoms with van der Waals surface area (Å²) in [7, 11) is 1.57. The molecule has 0 radical (unpaired) electrons. The van der Waals surface area contributed by atoms with E-state index in [1.807, 2.05) is 60.4 Å². The van der Waals surface area contributed by atoms with Gasteiger partial charge in [0.2, 0.25) is 5.91 Å². The van der Waals surface area contributed by atoms with E-state index in [-0.39, 0.29) is 17.7 Å². The number of benzene rings is 2. The van der Waals surface area contributed by atoms with Crippen LogP contribution in [0.1, 0.15) is 47.1 Å². The van der Waals surface area contributed by atoms with Gasteiger partial charge in [-0.05, 0) is 36.6 Å². The van der Waals surface area contributed by atoms with Crippen molar-refractivity contribution in [3.8, 4) is 5.75 Å². The van der Waals surface area contributed by atoms with Crippen LogP contribution in [-0.2, 0) is 11.2 Å². The number of rotatable bonds is 4. The molecule has 0 aliphatic carbocycles. The predicted molar refractivity (Wildman–Crippen MR) is 114 cm³/mol. The largest absolute Gasteiger partial charge is 0.496 e. The van der Waals surface area contributed by atoms with Crippen LogP contribution < -0.4 is 4.74 Å². The summed E-state index contributed by atoms with van der Waals surface area (Å²) in [6.07, 6.45) is 4.16. The summed E-state index contributed by atoms with van der Waals surface area (Å²) in [6, 6.07) is 13.5. The van der Waals surface area contributed by atoms with E-state index in [9.17, 15) is 9.59 Å². The summed E-state index contributed by atoms with van der Waals surface area (Å²) in [5.41, 5.74) is 4.64. The maximum Gasteiger partial charge on any atom is 0.220 e. The third-order valence-corrected chi connectivity index (χ3v) is 5.64. The molecule has 1 unspecified atom stereocenters. The monoisotopic (exact) mass is 388 g/mol. The van der Waals surface area contributed by atoms with E-state index in [4.69, 9.17) is 4.74 Å². The maximum atomic E-state index is 12.9. The van der Waals surface area contributed by atoms with Gasteiger partial charge in [0.1, 0.15) is 5.75 Å². The Balaban J connectivity index is 1.75. The van der Waals surface area contributed by atoms with E-state index in [0.717, 1.165) is 28.6 Å². The molecule has 29 heavy (non-hydrogen) atoms. The van der Waals surface area contributed by atoms with Crippen molar-refractivity contribution in [2.24, 2.45) is 0 Å².